The molecule has 0 spiro atoms. The van der Waals surface area contributed by atoms with Gasteiger partial charge >= 0.3 is 12.3 Å². The second kappa shape index (κ2) is 8.40. The van der Waals surface area contributed by atoms with Gasteiger partial charge in [0.1, 0.15) is 6.04 Å². The highest BCUT2D eigenvalue weighted by atomic mass is 19.4. The standard InChI is InChI=1S/C21H20F3N5O3/c22-21(23,24)14-5-3-4-13(12-14)17(18(30)28-8-10-29(11-9-28)20(31)32)27-19-25-15-6-1-2-7-16(15)26-19/h1-7,12,17H,8-11H2,(H,31,32)(H2,25,26,27). The van der Waals surface area contributed by atoms with Crippen LogP contribution < -0.4 is 5.32 Å². The maximum Gasteiger partial charge on any atom is 0.416 e. The molecule has 0 aliphatic carbocycles. The lowest BCUT2D eigenvalue weighted by Crippen LogP contribution is -2.52. The third-order valence-corrected chi connectivity index (χ3v) is 5.33. The van der Waals surface area contributed by atoms with Gasteiger partial charge in [-0.25, -0.2) is 9.78 Å². The molecule has 0 saturated carbocycles. The van der Waals surface area contributed by atoms with E-state index in [4.69, 9.17) is 5.11 Å². The van der Waals surface area contributed by atoms with Gasteiger partial charge in [-0.3, -0.25) is 4.79 Å². The van der Waals surface area contributed by atoms with Gasteiger partial charge in [0.25, 0.3) is 0 Å². The number of carbonyl (C=O) groups excluding carboxylic acids is 1. The van der Waals surface area contributed by atoms with Crippen molar-refractivity contribution in [1.82, 2.24) is 19.8 Å². The van der Waals surface area contributed by atoms with Crippen molar-refractivity contribution in [1.29, 1.82) is 0 Å². The van der Waals surface area contributed by atoms with Gasteiger partial charge in [0.05, 0.1) is 16.6 Å². The van der Waals surface area contributed by atoms with Crippen LogP contribution in [-0.2, 0) is 11.0 Å². The molecule has 3 aromatic rings. The Labute approximate surface area is 180 Å². The molecule has 1 aliphatic heterocycles. The van der Waals surface area contributed by atoms with Crippen LogP contribution in [-0.4, -0.2) is 63.1 Å². The van der Waals surface area contributed by atoms with E-state index in [-0.39, 0.29) is 37.7 Å². The monoisotopic (exact) mass is 447 g/mol. The van der Waals surface area contributed by atoms with Gasteiger partial charge in [0.15, 0.2) is 0 Å². The molecule has 2 aromatic carbocycles. The number of hydrogen-bond donors (Lipinski definition) is 3. The Morgan fingerprint density at radius 3 is 2.38 bits per heavy atom. The zero-order valence-corrected chi connectivity index (χ0v) is 16.8. The number of nitrogens with one attached hydrogen (secondary N) is 2. The lowest BCUT2D eigenvalue weighted by atomic mass is 10.0. The van der Waals surface area contributed by atoms with E-state index in [0.717, 1.165) is 12.1 Å². The summed E-state index contributed by atoms with van der Waals surface area (Å²) in [5, 5.41) is 12.1. The van der Waals surface area contributed by atoms with E-state index in [2.05, 4.69) is 15.3 Å². The highest BCUT2D eigenvalue weighted by molar-refractivity contribution is 5.87. The van der Waals surface area contributed by atoms with Gasteiger partial charge in [0, 0.05) is 26.2 Å². The number of imidazole rings is 1. The lowest BCUT2D eigenvalue weighted by Gasteiger charge is -2.35. The molecule has 11 heteroatoms. The number of nitrogens with zero attached hydrogens (tertiary/aromatic N) is 3. The molecule has 168 valence electrons. The van der Waals surface area contributed by atoms with Crippen molar-refractivity contribution in [2.75, 3.05) is 31.5 Å². The molecule has 1 fully saturated rings. The summed E-state index contributed by atoms with van der Waals surface area (Å²) in [6.07, 6.45) is -5.64. The largest absolute Gasteiger partial charge is 0.465 e. The zero-order chi connectivity index (χ0) is 22.9. The third kappa shape index (κ3) is 4.46. The van der Waals surface area contributed by atoms with Crippen LogP contribution in [0, 0.1) is 0 Å². The van der Waals surface area contributed by atoms with Crippen LogP contribution in [0.3, 0.4) is 0 Å². The van der Waals surface area contributed by atoms with Gasteiger partial charge in [-0.05, 0) is 29.8 Å². The molecule has 0 bridgehead atoms. The van der Waals surface area contributed by atoms with Crippen molar-refractivity contribution in [3.05, 3.63) is 59.7 Å². The molecule has 1 atom stereocenters. The minimum atomic E-state index is -4.56. The van der Waals surface area contributed by atoms with Crippen LogP contribution in [0.25, 0.3) is 11.0 Å². The minimum Gasteiger partial charge on any atom is -0.465 e. The normalized spacial score (nSPS) is 15.6. The van der Waals surface area contributed by atoms with E-state index < -0.39 is 29.8 Å². The highest BCUT2D eigenvalue weighted by Gasteiger charge is 2.34. The number of anilines is 1. The van der Waals surface area contributed by atoms with Crippen molar-refractivity contribution >= 4 is 29.0 Å². The number of alkyl halides is 3. The fourth-order valence-corrected chi connectivity index (χ4v) is 3.64. The maximum absolute atomic E-state index is 13.3. The van der Waals surface area contributed by atoms with E-state index in [1.807, 2.05) is 6.07 Å². The van der Waals surface area contributed by atoms with Crippen LogP contribution in [0.15, 0.2) is 48.5 Å². The molecule has 32 heavy (non-hydrogen) atoms. The minimum absolute atomic E-state index is 0.126. The summed E-state index contributed by atoms with van der Waals surface area (Å²) >= 11 is 0. The van der Waals surface area contributed by atoms with E-state index in [0.29, 0.717) is 11.0 Å². The number of halogens is 3. The molecule has 1 aliphatic rings. The zero-order valence-electron chi connectivity index (χ0n) is 16.8. The Balaban J connectivity index is 1.65. The van der Waals surface area contributed by atoms with Crippen LogP contribution in [0.1, 0.15) is 17.2 Å². The Bertz CT molecular complexity index is 1110. The van der Waals surface area contributed by atoms with Gasteiger partial charge in [0.2, 0.25) is 11.9 Å². The van der Waals surface area contributed by atoms with Crippen LogP contribution in [0.2, 0.25) is 0 Å². The Kier molecular flexibility index (Phi) is 5.64. The number of aromatic amines is 1. The predicted octanol–water partition coefficient (Wildman–Crippen LogP) is 3.56. The fourth-order valence-electron chi connectivity index (χ4n) is 3.64. The van der Waals surface area contributed by atoms with Crippen molar-refractivity contribution in [2.24, 2.45) is 0 Å². The Hall–Kier alpha value is -3.76. The second-order valence-corrected chi connectivity index (χ2v) is 7.40. The number of benzene rings is 2. The van der Waals surface area contributed by atoms with Crippen LogP contribution in [0.4, 0.5) is 23.9 Å². The quantitative estimate of drug-likeness (QED) is 0.568. The molecule has 1 aromatic heterocycles. The summed E-state index contributed by atoms with van der Waals surface area (Å²) in [6, 6.07) is 10.6. The molecule has 0 radical (unpaired) electrons. The first-order chi connectivity index (χ1) is 15.2. The number of H-pyrrole nitrogens is 1. The van der Waals surface area contributed by atoms with Crippen molar-refractivity contribution in [3.8, 4) is 0 Å². The number of fused-ring (bicyclic) bond motifs is 1. The summed E-state index contributed by atoms with van der Waals surface area (Å²) in [5.41, 5.74) is 0.612. The van der Waals surface area contributed by atoms with Crippen molar-refractivity contribution < 1.29 is 27.9 Å². The first-order valence-electron chi connectivity index (χ1n) is 9.87. The van der Waals surface area contributed by atoms with Gasteiger partial charge in [-0.2, -0.15) is 13.2 Å². The SMILES string of the molecule is O=C(O)N1CCN(C(=O)C(Nc2nc3ccccc3[nH]2)c2cccc(C(F)(F)F)c2)CC1. The Morgan fingerprint density at radius 1 is 1.03 bits per heavy atom. The lowest BCUT2D eigenvalue weighted by molar-refractivity contribution is -0.138. The topological polar surface area (TPSA) is 102 Å². The van der Waals surface area contributed by atoms with E-state index in [9.17, 15) is 22.8 Å². The fraction of sp³-hybridized carbons (Fsp3) is 0.286. The third-order valence-electron chi connectivity index (χ3n) is 5.33. The predicted molar refractivity (Wildman–Crippen MR) is 110 cm³/mol. The molecule has 3 N–H and O–H groups in total. The van der Waals surface area contributed by atoms with E-state index in [1.165, 1.54) is 21.9 Å². The average molecular weight is 447 g/mol. The first kappa shape index (κ1) is 21.5. The van der Waals surface area contributed by atoms with Crippen LogP contribution >= 0.6 is 0 Å². The van der Waals surface area contributed by atoms with Crippen LogP contribution in [0.5, 0.6) is 0 Å². The molecule has 1 unspecified atom stereocenters. The van der Waals surface area contributed by atoms with Gasteiger partial charge in [-0.1, -0.05) is 24.3 Å². The summed E-state index contributed by atoms with van der Waals surface area (Å²) in [6.45, 7) is 0.535. The summed E-state index contributed by atoms with van der Waals surface area (Å²) in [4.78, 5) is 34.5. The molecule has 1 saturated heterocycles. The van der Waals surface area contributed by atoms with E-state index in [1.54, 1.807) is 18.2 Å². The number of piperazine rings is 1. The number of para-hydroxylation sites is 2. The number of hydrogen-bond acceptors (Lipinski definition) is 4. The number of carbonyl (C=O) groups is 2. The number of aromatic nitrogens is 2. The summed E-state index contributed by atoms with van der Waals surface area (Å²) in [5.74, 6) is -0.221. The molecular formula is C21H20F3N5O3. The van der Waals surface area contributed by atoms with Gasteiger partial charge < -0.3 is 25.2 Å². The molecule has 4 rings (SSSR count). The second-order valence-electron chi connectivity index (χ2n) is 7.40. The highest BCUT2D eigenvalue weighted by Crippen LogP contribution is 2.32. The van der Waals surface area contributed by atoms with E-state index >= 15 is 0 Å². The molecule has 8 nitrogen and oxygen atoms in total. The van der Waals surface area contributed by atoms with Crippen molar-refractivity contribution in [2.45, 2.75) is 12.2 Å². The first-order valence-corrected chi connectivity index (χ1v) is 9.87. The summed E-state index contributed by atoms with van der Waals surface area (Å²) < 4.78 is 39.8. The number of amides is 2. The number of rotatable bonds is 4. The average Bonchev–Trinajstić information content (AvgIpc) is 3.19. The molecule has 2 amide bonds. The Morgan fingerprint density at radius 2 is 1.72 bits per heavy atom. The number of carboxylic acid groups (broad SMARTS) is 1. The molecule has 2 heterocycles. The molecular weight excluding hydrogens is 427 g/mol. The summed E-state index contributed by atoms with van der Waals surface area (Å²) in [7, 11) is 0. The maximum atomic E-state index is 13.3. The smallest absolute Gasteiger partial charge is 0.416 e. The van der Waals surface area contributed by atoms with Gasteiger partial charge in [-0.15, -0.1) is 0 Å². The van der Waals surface area contributed by atoms with Crippen molar-refractivity contribution in [3.63, 3.8) is 0 Å².